The Hall–Kier alpha value is -1.00. The second-order valence-corrected chi connectivity index (χ2v) is 4.89. The molecule has 0 amide bonds. The van der Waals surface area contributed by atoms with E-state index in [9.17, 15) is 8.78 Å². The van der Waals surface area contributed by atoms with E-state index in [0.29, 0.717) is 19.1 Å². The zero-order valence-electron chi connectivity index (χ0n) is 10.6. The highest BCUT2D eigenvalue weighted by molar-refractivity contribution is 5.20. The van der Waals surface area contributed by atoms with Crippen LogP contribution in [0.4, 0.5) is 8.78 Å². The summed E-state index contributed by atoms with van der Waals surface area (Å²) in [5.74, 6) is -0.938. The Morgan fingerprint density at radius 2 is 2.11 bits per heavy atom. The maximum Gasteiger partial charge on any atom is 0.129 e. The molecule has 1 aromatic rings. The number of hydrogen-bond donors (Lipinski definition) is 1. The van der Waals surface area contributed by atoms with E-state index in [4.69, 9.17) is 4.74 Å². The van der Waals surface area contributed by atoms with Gasteiger partial charge in [-0.05, 0) is 38.3 Å². The Labute approximate surface area is 106 Å². The van der Waals surface area contributed by atoms with Crippen molar-refractivity contribution >= 4 is 0 Å². The summed E-state index contributed by atoms with van der Waals surface area (Å²) in [5, 5.41) is 3.36. The van der Waals surface area contributed by atoms with Crippen molar-refractivity contribution in [1.82, 2.24) is 5.32 Å². The molecule has 2 atom stereocenters. The zero-order chi connectivity index (χ0) is 13.0. The number of nitrogens with one attached hydrogen (secondary N) is 1. The summed E-state index contributed by atoms with van der Waals surface area (Å²) in [6.07, 6.45) is 2.46. The molecule has 0 aliphatic carbocycles. The van der Waals surface area contributed by atoms with Crippen LogP contribution in [-0.4, -0.2) is 25.3 Å². The molecule has 1 aliphatic heterocycles. The number of halogens is 2. The van der Waals surface area contributed by atoms with Crippen LogP contribution in [0.3, 0.4) is 0 Å². The Balaban J connectivity index is 1.92. The fourth-order valence-corrected chi connectivity index (χ4v) is 2.37. The minimum absolute atomic E-state index is 0.0306. The summed E-state index contributed by atoms with van der Waals surface area (Å²) in [5.41, 5.74) is 0.161. The molecule has 2 nitrogen and oxygen atoms in total. The van der Waals surface area contributed by atoms with Crippen molar-refractivity contribution in [2.45, 2.75) is 38.3 Å². The van der Waals surface area contributed by atoms with Crippen molar-refractivity contribution in [3.05, 3.63) is 35.4 Å². The molecule has 1 heterocycles. The fourth-order valence-electron chi connectivity index (χ4n) is 2.37. The average Bonchev–Trinajstić information content (AvgIpc) is 2.35. The van der Waals surface area contributed by atoms with Crippen molar-refractivity contribution in [3.63, 3.8) is 0 Å². The third-order valence-electron chi connectivity index (χ3n) is 3.25. The van der Waals surface area contributed by atoms with E-state index in [-0.39, 0.29) is 11.6 Å². The van der Waals surface area contributed by atoms with Crippen LogP contribution in [0.5, 0.6) is 0 Å². The number of hydrogen-bond acceptors (Lipinski definition) is 2. The van der Waals surface area contributed by atoms with E-state index in [1.807, 2.05) is 6.92 Å². The summed E-state index contributed by atoms with van der Waals surface area (Å²) < 4.78 is 32.4. The van der Waals surface area contributed by atoms with Crippen LogP contribution < -0.4 is 5.32 Å². The lowest BCUT2D eigenvalue weighted by atomic mass is 10.0. The topological polar surface area (TPSA) is 21.3 Å². The van der Waals surface area contributed by atoms with Crippen LogP contribution in [0.15, 0.2) is 18.2 Å². The Morgan fingerprint density at radius 3 is 2.72 bits per heavy atom. The standard InChI is InChI=1S/C14H19F2NO/c1-10(17-11-4-3-7-18-9-11)8-12-13(15)5-2-6-14(12)16/h2,5-6,10-11,17H,3-4,7-9H2,1H3. The van der Waals surface area contributed by atoms with Gasteiger partial charge >= 0.3 is 0 Å². The van der Waals surface area contributed by atoms with Gasteiger partial charge in [0, 0.05) is 24.3 Å². The predicted molar refractivity (Wildman–Crippen MR) is 66.5 cm³/mol. The van der Waals surface area contributed by atoms with E-state index in [1.165, 1.54) is 18.2 Å². The molecule has 1 saturated heterocycles. The first-order chi connectivity index (χ1) is 8.66. The van der Waals surface area contributed by atoms with E-state index in [0.717, 1.165) is 19.4 Å². The summed E-state index contributed by atoms with van der Waals surface area (Å²) in [6.45, 7) is 3.44. The summed E-state index contributed by atoms with van der Waals surface area (Å²) in [7, 11) is 0. The third kappa shape index (κ3) is 3.50. The molecule has 1 fully saturated rings. The van der Waals surface area contributed by atoms with Crippen LogP contribution in [0.1, 0.15) is 25.3 Å². The van der Waals surface area contributed by atoms with Crippen molar-refractivity contribution in [1.29, 1.82) is 0 Å². The van der Waals surface area contributed by atoms with Gasteiger partial charge in [0.2, 0.25) is 0 Å². The second-order valence-electron chi connectivity index (χ2n) is 4.89. The normalized spacial score (nSPS) is 21.8. The number of ether oxygens (including phenoxy) is 1. The SMILES string of the molecule is CC(Cc1c(F)cccc1F)NC1CCCOC1. The fraction of sp³-hybridized carbons (Fsp3) is 0.571. The Morgan fingerprint density at radius 1 is 1.39 bits per heavy atom. The van der Waals surface area contributed by atoms with Gasteiger partial charge in [-0.1, -0.05) is 6.07 Å². The quantitative estimate of drug-likeness (QED) is 0.893. The number of rotatable bonds is 4. The lowest BCUT2D eigenvalue weighted by Crippen LogP contribution is -2.42. The minimum atomic E-state index is -0.469. The highest BCUT2D eigenvalue weighted by Gasteiger charge is 2.18. The molecule has 2 unspecified atom stereocenters. The van der Waals surface area contributed by atoms with Crippen LogP contribution in [-0.2, 0) is 11.2 Å². The highest BCUT2D eigenvalue weighted by atomic mass is 19.1. The molecule has 0 saturated carbocycles. The zero-order valence-corrected chi connectivity index (χ0v) is 10.6. The predicted octanol–water partition coefficient (Wildman–Crippen LogP) is 2.66. The largest absolute Gasteiger partial charge is 0.380 e. The molecule has 2 rings (SSSR count). The van der Waals surface area contributed by atoms with Crippen LogP contribution in [0.25, 0.3) is 0 Å². The average molecular weight is 255 g/mol. The van der Waals surface area contributed by atoms with Gasteiger partial charge in [-0.25, -0.2) is 8.78 Å². The number of benzene rings is 1. The van der Waals surface area contributed by atoms with Crippen LogP contribution in [0.2, 0.25) is 0 Å². The maximum absolute atomic E-state index is 13.5. The van der Waals surface area contributed by atoms with Gasteiger partial charge in [0.1, 0.15) is 11.6 Å². The lowest BCUT2D eigenvalue weighted by Gasteiger charge is -2.26. The van der Waals surface area contributed by atoms with Crippen molar-refractivity contribution in [2.75, 3.05) is 13.2 Å². The monoisotopic (exact) mass is 255 g/mol. The first-order valence-electron chi connectivity index (χ1n) is 6.43. The molecule has 18 heavy (non-hydrogen) atoms. The van der Waals surface area contributed by atoms with Gasteiger partial charge in [-0.15, -0.1) is 0 Å². The molecule has 0 bridgehead atoms. The summed E-state index contributed by atoms with van der Waals surface area (Å²) in [6, 6.07) is 4.32. The molecule has 1 aromatic carbocycles. The van der Waals surface area contributed by atoms with Crippen molar-refractivity contribution in [3.8, 4) is 0 Å². The first kappa shape index (κ1) is 13.4. The maximum atomic E-state index is 13.5. The van der Waals surface area contributed by atoms with Gasteiger partial charge < -0.3 is 10.1 Å². The second kappa shape index (κ2) is 6.25. The van der Waals surface area contributed by atoms with Gasteiger partial charge in [0.25, 0.3) is 0 Å². The third-order valence-corrected chi connectivity index (χ3v) is 3.25. The van der Waals surface area contributed by atoms with Gasteiger partial charge in [-0.3, -0.25) is 0 Å². The van der Waals surface area contributed by atoms with E-state index < -0.39 is 11.6 Å². The molecule has 4 heteroatoms. The van der Waals surface area contributed by atoms with E-state index in [2.05, 4.69) is 5.32 Å². The molecule has 100 valence electrons. The van der Waals surface area contributed by atoms with Gasteiger partial charge in [0.15, 0.2) is 0 Å². The smallest absolute Gasteiger partial charge is 0.129 e. The van der Waals surface area contributed by atoms with Gasteiger partial charge in [0.05, 0.1) is 6.61 Å². The Bertz CT molecular complexity index is 371. The molecule has 1 aliphatic rings. The Kier molecular flexibility index (Phi) is 4.66. The summed E-state index contributed by atoms with van der Waals surface area (Å²) >= 11 is 0. The van der Waals surface area contributed by atoms with Crippen molar-refractivity contribution < 1.29 is 13.5 Å². The van der Waals surface area contributed by atoms with Crippen LogP contribution in [0, 0.1) is 11.6 Å². The summed E-state index contributed by atoms with van der Waals surface area (Å²) in [4.78, 5) is 0. The molecular weight excluding hydrogens is 236 g/mol. The highest BCUT2D eigenvalue weighted by Crippen LogP contribution is 2.15. The van der Waals surface area contributed by atoms with Crippen LogP contribution >= 0.6 is 0 Å². The molecule has 1 N–H and O–H groups in total. The molecular formula is C14H19F2NO. The molecule has 0 radical (unpaired) electrons. The first-order valence-corrected chi connectivity index (χ1v) is 6.43. The molecule has 0 aromatic heterocycles. The molecule has 0 spiro atoms. The van der Waals surface area contributed by atoms with E-state index >= 15 is 0 Å². The van der Waals surface area contributed by atoms with Crippen molar-refractivity contribution in [2.24, 2.45) is 0 Å². The lowest BCUT2D eigenvalue weighted by molar-refractivity contribution is 0.0670. The van der Waals surface area contributed by atoms with E-state index in [1.54, 1.807) is 0 Å². The minimum Gasteiger partial charge on any atom is -0.380 e. The van der Waals surface area contributed by atoms with Gasteiger partial charge in [-0.2, -0.15) is 0 Å².